The summed E-state index contributed by atoms with van der Waals surface area (Å²) < 4.78 is 5.27. The summed E-state index contributed by atoms with van der Waals surface area (Å²) in [5.74, 6) is 0.475. The Morgan fingerprint density at radius 2 is 1.92 bits per heavy atom. The average Bonchev–Trinajstić information content (AvgIpc) is 3.18. The second-order valence-electron chi connectivity index (χ2n) is 6.68. The third-order valence-electron chi connectivity index (χ3n) is 4.70. The topological polar surface area (TPSA) is 65.7 Å². The van der Waals surface area contributed by atoms with E-state index in [1.165, 1.54) is 25.5 Å². The zero-order valence-corrected chi connectivity index (χ0v) is 14.4. The second-order valence-corrected chi connectivity index (χ2v) is 6.68. The summed E-state index contributed by atoms with van der Waals surface area (Å²) >= 11 is 0. The fourth-order valence-corrected chi connectivity index (χ4v) is 3.32. The molecule has 1 saturated carbocycles. The fourth-order valence-electron chi connectivity index (χ4n) is 3.32. The van der Waals surface area contributed by atoms with Gasteiger partial charge in [0, 0.05) is 12.6 Å². The van der Waals surface area contributed by atoms with Gasteiger partial charge in [0.2, 0.25) is 0 Å². The number of amides is 2. The number of nitrogens with zero attached hydrogens (tertiary/aromatic N) is 1. The van der Waals surface area contributed by atoms with Gasteiger partial charge in [0.25, 0.3) is 0 Å². The van der Waals surface area contributed by atoms with Crippen LogP contribution in [0.2, 0.25) is 0 Å². The number of carbonyl (C=O) groups is 1. The molecule has 1 heterocycles. The van der Waals surface area contributed by atoms with Gasteiger partial charge in [0.1, 0.15) is 11.9 Å². The van der Waals surface area contributed by atoms with Crippen molar-refractivity contribution in [2.75, 3.05) is 6.54 Å². The highest BCUT2D eigenvalue weighted by molar-refractivity contribution is 5.74. The molecule has 2 N–H and O–H groups in total. The zero-order valence-electron chi connectivity index (χ0n) is 14.4. The Balaban J connectivity index is 1.67. The summed E-state index contributed by atoms with van der Waals surface area (Å²) in [5.41, 5.74) is 1.04. The van der Waals surface area contributed by atoms with Crippen LogP contribution >= 0.6 is 0 Å². The van der Waals surface area contributed by atoms with Gasteiger partial charge in [0.05, 0.1) is 12.8 Å². The van der Waals surface area contributed by atoms with Crippen LogP contribution < -0.4 is 5.32 Å². The molecule has 0 saturated heterocycles. The number of hydrogen-bond acceptors (Lipinski definition) is 3. The molecule has 134 valence electrons. The second kappa shape index (κ2) is 8.72. The van der Waals surface area contributed by atoms with Gasteiger partial charge in [-0.1, -0.05) is 49.6 Å². The summed E-state index contributed by atoms with van der Waals surface area (Å²) in [6.45, 7) is 0.651. The molecule has 1 atom stereocenters. The van der Waals surface area contributed by atoms with Crippen LogP contribution in [0.25, 0.3) is 0 Å². The van der Waals surface area contributed by atoms with Crippen LogP contribution in [0.3, 0.4) is 0 Å². The fraction of sp³-hybridized carbons (Fsp3) is 0.450. The molecule has 1 aromatic heterocycles. The first-order valence-corrected chi connectivity index (χ1v) is 9.03. The quantitative estimate of drug-likeness (QED) is 0.838. The van der Waals surface area contributed by atoms with Gasteiger partial charge in [-0.15, -0.1) is 0 Å². The predicted molar refractivity (Wildman–Crippen MR) is 95.9 cm³/mol. The van der Waals surface area contributed by atoms with Gasteiger partial charge < -0.3 is 19.7 Å². The highest BCUT2D eigenvalue weighted by Gasteiger charge is 2.23. The number of aliphatic hydroxyl groups is 1. The Morgan fingerprint density at radius 3 is 2.60 bits per heavy atom. The van der Waals surface area contributed by atoms with Crippen molar-refractivity contribution in [1.82, 2.24) is 10.2 Å². The monoisotopic (exact) mass is 342 g/mol. The smallest absolute Gasteiger partial charge is 0.318 e. The van der Waals surface area contributed by atoms with E-state index in [0.717, 1.165) is 18.4 Å². The third kappa shape index (κ3) is 5.10. The van der Waals surface area contributed by atoms with Gasteiger partial charge in [-0.25, -0.2) is 4.79 Å². The standard InChI is InChI=1S/C20H26N2O3/c23-18(19-12-7-13-25-19)15-22(14-16-8-3-1-4-9-16)20(24)21-17-10-5-2-6-11-17/h1,3-4,7-9,12-13,17-18,23H,2,5-6,10-11,14-15H2,(H,21,24). The van der Waals surface area contributed by atoms with Crippen molar-refractivity contribution in [3.8, 4) is 0 Å². The first kappa shape index (κ1) is 17.5. The van der Waals surface area contributed by atoms with Crippen LogP contribution in [0.15, 0.2) is 53.1 Å². The van der Waals surface area contributed by atoms with Crippen LogP contribution in [0.5, 0.6) is 0 Å². The lowest BCUT2D eigenvalue weighted by atomic mass is 9.96. The highest BCUT2D eigenvalue weighted by atomic mass is 16.4. The molecular weight excluding hydrogens is 316 g/mol. The van der Waals surface area contributed by atoms with E-state index in [-0.39, 0.29) is 18.6 Å². The van der Waals surface area contributed by atoms with Crippen LogP contribution in [0.1, 0.15) is 49.5 Å². The van der Waals surface area contributed by atoms with Crippen LogP contribution in [-0.4, -0.2) is 28.6 Å². The molecule has 1 fully saturated rings. The van der Waals surface area contributed by atoms with Crippen molar-refractivity contribution in [2.24, 2.45) is 0 Å². The maximum atomic E-state index is 12.8. The van der Waals surface area contributed by atoms with Gasteiger partial charge in [-0.2, -0.15) is 0 Å². The van der Waals surface area contributed by atoms with Crippen LogP contribution in [0, 0.1) is 0 Å². The minimum Gasteiger partial charge on any atom is -0.467 e. The van der Waals surface area contributed by atoms with E-state index in [4.69, 9.17) is 4.42 Å². The summed E-state index contributed by atoms with van der Waals surface area (Å²) in [6, 6.07) is 13.4. The third-order valence-corrected chi connectivity index (χ3v) is 4.70. The number of benzene rings is 1. The molecule has 1 aliphatic rings. The molecule has 5 heteroatoms. The summed E-state index contributed by atoms with van der Waals surface area (Å²) in [6.07, 6.45) is 6.34. The molecule has 0 spiro atoms. The molecule has 0 aliphatic heterocycles. The van der Waals surface area contributed by atoms with E-state index in [2.05, 4.69) is 5.32 Å². The lowest BCUT2D eigenvalue weighted by Crippen LogP contribution is -2.46. The molecule has 2 amide bonds. The van der Waals surface area contributed by atoms with E-state index in [9.17, 15) is 9.90 Å². The van der Waals surface area contributed by atoms with E-state index in [1.54, 1.807) is 17.0 Å². The van der Waals surface area contributed by atoms with Crippen molar-refractivity contribution in [1.29, 1.82) is 0 Å². The van der Waals surface area contributed by atoms with Crippen LogP contribution in [0.4, 0.5) is 4.79 Å². The van der Waals surface area contributed by atoms with Gasteiger partial charge in [0.15, 0.2) is 0 Å². The SMILES string of the molecule is O=C(NC1CCCCC1)N(Cc1ccccc1)CC(O)c1ccco1. The van der Waals surface area contributed by atoms with Crippen molar-refractivity contribution < 1.29 is 14.3 Å². The van der Waals surface area contributed by atoms with Crippen molar-refractivity contribution in [3.05, 3.63) is 60.1 Å². The molecule has 25 heavy (non-hydrogen) atoms. The number of rotatable bonds is 6. The summed E-state index contributed by atoms with van der Waals surface area (Å²) in [4.78, 5) is 14.5. The van der Waals surface area contributed by atoms with Gasteiger partial charge >= 0.3 is 6.03 Å². The maximum Gasteiger partial charge on any atom is 0.318 e. The highest BCUT2D eigenvalue weighted by Crippen LogP contribution is 2.19. The molecule has 1 unspecified atom stereocenters. The van der Waals surface area contributed by atoms with Crippen molar-refractivity contribution in [3.63, 3.8) is 0 Å². The molecule has 0 bridgehead atoms. The predicted octanol–water partition coefficient (Wildman–Crippen LogP) is 3.86. The molecule has 1 aromatic carbocycles. The Kier molecular flexibility index (Phi) is 6.12. The molecular formula is C20H26N2O3. The van der Waals surface area contributed by atoms with E-state index >= 15 is 0 Å². The van der Waals surface area contributed by atoms with E-state index in [0.29, 0.717) is 12.3 Å². The Hall–Kier alpha value is -2.27. The minimum atomic E-state index is -0.837. The lowest BCUT2D eigenvalue weighted by Gasteiger charge is -2.29. The number of furan rings is 1. The Bertz CT molecular complexity index is 636. The molecule has 5 nitrogen and oxygen atoms in total. The zero-order chi connectivity index (χ0) is 17.5. The van der Waals surface area contributed by atoms with Gasteiger partial charge in [-0.3, -0.25) is 0 Å². The largest absolute Gasteiger partial charge is 0.467 e. The molecule has 0 radical (unpaired) electrons. The number of nitrogens with one attached hydrogen (secondary N) is 1. The number of urea groups is 1. The molecule has 2 aromatic rings. The van der Waals surface area contributed by atoms with Crippen molar-refractivity contribution in [2.45, 2.75) is 50.8 Å². The average molecular weight is 342 g/mol. The first-order chi connectivity index (χ1) is 12.2. The number of carbonyl (C=O) groups excluding carboxylic acids is 1. The van der Waals surface area contributed by atoms with Gasteiger partial charge in [-0.05, 0) is 30.5 Å². The lowest BCUT2D eigenvalue weighted by molar-refractivity contribution is 0.0995. The molecule has 3 rings (SSSR count). The minimum absolute atomic E-state index is 0.124. The van der Waals surface area contributed by atoms with E-state index < -0.39 is 6.10 Å². The normalized spacial score (nSPS) is 16.4. The first-order valence-electron chi connectivity index (χ1n) is 9.03. The van der Waals surface area contributed by atoms with Crippen LogP contribution in [-0.2, 0) is 6.54 Å². The number of hydrogen-bond donors (Lipinski definition) is 2. The van der Waals surface area contributed by atoms with E-state index in [1.807, 2.05) is 30.3 Å². The Labute approximate surface area is 148 Å². The Morgan fingerprint density at radius 1 is 1.16 bits per heavy atom. The summed E-state index contributed by atoms with van der Waals surface area (Å²) in [5, 5.41) is 13.5. The maximum absolute atomic E-state index is 12.8. The van der Waals surface area contributed by atoms with Crippen molar-refractivity contribution >= 4 is 6.03 Å². The molecule has 1 aliphatic carbocycles. The summed E-state index contributed by atoms with van der Waals surface area (Å²) in [7, 11) is 0. The number of aliphatic hydroxyl groups excluding tert-OH is 1.